The fourth-order valence-corrected chi connectivity index (χ4v) is 4.26. The van der Waals surface area contributed by atoms with Crippen molar-refractivity contribution in [3.8, 4) is 22.1 Å². The summed E-state index contributed by atoms with van der Waals surface area (Å²) in [5, 5.41) is 10.7. The highest BCUT2D eigenvalue weighted by molar-refractivity contribution is 7.12. The molecule has 0 atom stereocenters. The number of aryl methyl sites for hydroxylation is 1. The van der Waals surface area contributed by atoms with E-state index in [1.165, 1.54) is 17.4 Å². The van der Waals surface area contributed by atoms with Crippen LogP contribution in [-0.4, -0.2) is 27.3 Å². The minimum Gasteiger partial charge on any atom is -0.494 e. The number of anilines is 1. The van der Waals surface area contributed by atoms with Gasteiger partial charge in [0.2, 0.25) is 5.13 Å². The Morgan fingerprint density at radius 2 is 1.94 bits per heavy atom. The first-order valence-corrected chi connectivity index (χ1v) is 11.1. The Morgan fingerprint density at radius 3 is 2.65 bits per heavy atom. The summed E-state index contributed by atoms with van der Waals surface area (Å²) in [5.41, 5.74) is 2.85. The van der Waals surface area contributed by atoms with Crippen LogP contribution in [0.5, 0.6) is 5.75 Å². The van der Waals surface area contributed by atoms with Crippen molar-refractivity contribution < 1.29 is 9.53 Å². The lowest BCUT2D eigenvalue weighted by Crippen LogP contribution is -2.15. The number of carbonyl (C=O) groups is 1. The number of hydrogen-bond acceptors (Lipinski definition) is 5. The molecule has 1 amide bonds. The van der Waals surface area contributed by atoms with Crippen molar-refractivity contribution in [2.45, 2.75) is 13.8 Å². The molecule has 0 saturated carbocycles. The van der Waals surface area contributed by atoms with Gasteiger partial charge in [-0.3, -0.25) is 4.79 Å². The number of nitrogens with zero attached hydrogens (tertiary/aromatic N) is 3. The third kappa shape index (κ3) is 4.74. The van der Waals surface area contributed by atoms with Crippen molar-refractivity contribution in [2.75, 3.05) is 11.9 Å². The molecule has 0 aliphatic carbocycles. The minimum absolute atomic E-state index is 0.278. The van der Waals surface area contributed by atoms with Crippen LogP contribution in [0.25, 0.3) is 16.4 Å². The SMILES string of the molecule is CCOc1ccc(-c2csc(-n3nc(C)cc3NC(=O)c3ccc(Cl)cc3Cl)n2)cc1. The van der Waals surface area contributed by atoms with E-state index in [1.807, 2.05) is 43.5 Å². The summed E-state index contributed by atoms with van der Waals surface area (Å²) in [4.78, 5) is 17.4. The average Bonchev–Trinajstić information content (AvgIpc) is 3.35. The Kier molecular flexibility index (Phi) is 6.27. The van der Waals surface area contributed by atoms with Gasteiger partial charge >= 0.3 is 0 Å². The Bertz CT molecular complexity index is 1230. The normalized spacial score (nSPS) is 10.8. The van der Waals surface area contributed by atoms with Gasteiger partial charge in [-0.05, 0) is 56.3 Å². The number of rotatable bonds is 6. The van der Waals surface area contributed by atoms with Gasteiger partial charge < -0.3 is 10.1 Å². The van der Waals surface area contributed by atoms with Crippen LogP contribution in [0, 0.1) is 6.92 Å². The van der Waals surface area contributed by atoms with Gasteiger partial charge in [-0.25, -0.2) is 4.98 Å². The predicted molar refractivity (Wildman–Crippen MR) is 125 cm³/mol. The number of hydrogen-bond donors (Lipinski definition) is 1. The van der Waals surface area contributed by atoms with Crippen molar-refractivity contribution in [1.29, 1.82) is 0 Å². The van der Waals surface area contributed by atoms with Gasteiger partial charge in [0.15, 0.2) is 0 Å². The molecule has 9 heteroatoms. The molecule has 6 nitrogen and oxygen atoms in total. The van der Waals surface area contributed by atoms with E-state index in [1.54, 1.807) is 22.9 Å². The molecule has 0 fully saturated rings. The highest BCUT2D eigenvalue weighted by atomic mass is 35.5. The van der Waals surface area contributed by atoms with Gasteiger partial charge in [0, 0.05) is 22.0 Å². The maximum absolute atomic E-state index is 12.7. The molecule has 4 rings (SSSR count). The maximum Gasteiger partial charge on any atom is 0.258 e. The van der Waals surface area contributed by atoms with Crippen molar-refractivity contribution in [3.05, 3.63) is 75.2 Å². The number of benzene rings is 2. The van der Waals surface area contributed by atoms with E-state index in [4.69, 9.17) is 32.9 Å². The molecule has 0 radical (unpaired) electrons. The first-order chi connectivity index (χ1) is 14.9. The molecule has 0 unspecified atom stereocenters. The number of halogens is 2. The average molecular weight is 473 g/mol. The van der Waals surface area contributed by atoms with Crippen molar-refractivity contribution >= 4 is 46.3 Å². The van der Waals surface area contributed by atoms with Crippen LogP contribution in [0.4, 0.5) is 5.82 Å². The fourth-order valence-electron chi connectivity index (χ4n) is 2.97. The summed E-state index contributed by atoms with van der Waals surface area (Å²) < 4.78 is 7.10. The summed E-state index contributed by atoms with van der Waals surface area (Å²) in [7, 11) is 0. The number of nitrogens with one attached hydrogen (secondary N) is 1. The van der Waals surface area contributed by atoms with Crippen LogP contribution in [0.3, 0.4) is 0 Å². The molecule has 2 aromatic carbocycles. The third-order valence-electron chi connectivity index (χ3n) is 4.38. The van der Waals surface area contributed by atoms with Gasteiger partial charge in [-0.2, -0.15) is 9.78 Å². The molecular formula is C22H18Cl2N4O2S. The Morgan fingerprint density at radius 1 is 1.16 bits per heavy atom. The highest BCUT2D eigenvalue weighted by Gasteiger charge is 2.17. The monoisotopic (exact) mass is 472 g/mol. The van der Waals surface area contributed by atoms with E-state index in [-0.39, 0.29) is 10.9 Å². The maximum atomic E-state index is 12.7. The zero-order chi connectivity index (χ0) is 22.0. The zero-order valence-corrected chi connectivity index (χ0v) is 19.1. The second-order valence-electron chi connectivity index (χ2n) is 6.63. The smallest absolute Gasteiger partial charge is 0.258 e. The summed E-state index contributed by atoms with van der Waals surface area (Å²) in [6, 6.07) is 14.3. The molecule has 0 spiro atoms. The van der Waals surface area contributed by atoms with Gasteiger partial charge in [0.05, 0.1) is 28.6 Å². The Hall–Kier alpha value is -2.87. The molecule has 1 N–H and O–H groups in total. The highest BCUT2D eigenvalue weighted by Crippen LogP contribution is 2.28. The quantitative estimate of drug-likeness (QED) is 0.359. The molecule has 4 aromatic rings. The largest absolute Gasteiger partial charge is 0.494 e. The molecule has 2 aromatic heterocycles. The van der Waals surface area contributed by atoms with E-state index >= 15 is 0 Å². The number of aromatic nitrogens is 3. The molecule has 0 bridgehead atoms. The second-order valence-corrected chi connectivity index (χ2v) is 8.31. The predicted octanol–water partition coefficient (Wildman–Crippen LogP) is 6.26. The number of carbonyl (C=O) groups excluding carboxylic acids is 1. The summed E-state index contributed by atoms with van der Waals surface area (Å²) in [6.07, 6.45) is 0. The lowest BCUT2D eigenvalue weighted by atomic mass is 10.2. The fraction of sp³-hybridized carbons (Fsp3) is 0.136. The van der Waals surface area contributed by atoms with Crippen LogP contribution in [0.15, 0.2) is 53.9 Å². The number of ether oxygens (including phenoxy) is 1. The van der Waals surface area contributed by atoms with E-state index in [2.05, 4.69) is 10.4 Å². The third-order valence-corrected chi connectivity index (χ3v) is 5.75. The van der Waals surface area contributed by atoms with Crippen molar-refractivity contribution in [3.63, 3.8) is 0 Å². The Balaban J connectivity index is 1.59. The molecule has 2 heterocycles. The van der Waals surface area contributed by atoms with Gasteiger partial charge in [0.1, 0.15) is 11.6 Å². The van der Waals surface area contributed by atoms with Crippen LogP contribution >= 0.6 is 34.5 Å². The van der Waals surface area contributed by atoms with Gasteiger partial charge in [0.25, 0.3) is 5.91 Å². The van der Waals surface area contributed by atoms with Crippen LogP contribution in [0.2, 0.25) is 10.0 Å². The van der Waals surface area contributed by atoms with Crippen LogP contribution < -0.4 is 10.1 Å². The van der Waals surface area contributed by atoms with Crippen molar-refractivity contribution in [1.82, 2.24) is 14.8 Å². The van der Waals surface area contributed by atoms with E-state index < -0.39 is 0 Å². The van der Waals surface area contributed by atoms with Crippen molar-refractivity contribution in [2.24, 2.45) is 0 Å². The second kappa shape index (κ2) is 9.09. The van der Waals surface area contributed by atoms with E-state index in [9.17, 15) is 4.79 Å². The van der Waals surface area contributed by atoms with Crippen LogP contribution in [-0.2, 0) is 0 Å². The summed E-state index contributed by atoms with van der Waals surface area (Å²) >= 11 is 13.5. The van der Waals surface area contributed by atoms with E-state index in [0.29, 0.717) is 28.1 Å². The van der Waals surface area contributed by atoms with Crippen LogP contribution in [0.1, 0.15) is 23.0 Å². The minimum atomic E-state index is -0.355. The molecular weight excluding hydrogens is 455 g/mol. The number of amides is 1. The number of thiazole rings is 1. The Labute approximate surface area is 193 Å². The molecule has 0 aliphatic heterocycles. The lowest BCUT2D eigenvalue weighted by molar-refractivity contribution is 0.102. The molecule has 31 heavy (non-hydrogen) atoms. The first kappa shape index (κ1) is 21.4. The first-order valence-electron chi connectivity index (χ1n) is 9.47. The molecule has 0 aliphatic rings. The standard InChI is InChI=1S/C22H18Cl2N4O2S/c1-3-30-16-7-4-14(5-8-16)19-12-31-22(25-19)28-20(10-13(2)27-28)26-21(29)17-9-6-15(23)11-18(17)24/h4-12H,3H2,1-2H3,(H,26,29). The lowest BCUT2D eigenvalue weighted by Gasteiger charge is -2.08. The summed E-state index contributed by atoms with van der Waals surface area (Å²) in [5.74, 6) is 0.961. The van der Waals surface area contributed by atoms with E-state index in [0.717, 1.165) is 22.7 Å². The van der Waals surface area contributed by atoms with Gasteiger partial charge in [-0.15, -0.1) is 11.3 Å². The molecule has 158 valence electrons. The zero-order valence-electron chi connectivity index (χ0n) is 16.7. The van der Waals surface area contributed by atoms with Gasteiger partial charge in [-0.1, -0.05) is 23.2 Å². The topological polar surface area (TPSA) is 69.0 Å². The molecule has 0 saturated heterocycles. The summed E-state index contributed by atoms with van der Waals surface area (Å²) in [6.45, 7) is 4.42.